The first kappa shape index (κ1) is 18.1. The molecule has 2 aromatic rings. The molecule has 0 radical (unpaired) electrons. The van der Waals surface area contributed by atoms with Crippen molar-refractivity contribution in [2.45, 2.75) is 46.2 Å². The Kier molecular flexibility index (Phi) is 5.21. The minimum atomic E-state index is 0.312. The van der Waals surface area contributed by atoms with E-state index in [4.69, 9.17) is 9.47 Å². The molecule has 1 aromatic heterocycles. The average Bonchev–Trinajstić information content (AvgIpc) is 3.19. The fourth-order valence-corrected chi connectivity index (χ4v) is 3.84. The summed E-state index contributed by atoms with van der Waals surface area (Å²) in [5.74, 6) is 2.81. The average molecular weight is 367 g/mol. The van der Waals surface area contributed by atoms with E-state index < -0.39 is 0 Å². The number of hydrogen-bond donors (Lipinski definition) is 1. The number of pyridine rings is 1. The van der Waals surface area contributed by atoms with Crippen molar-refractivity contribution in [1.29, 1.82) is 0 Å². The molecule has 27 heavy (non-hydrogen) atoms. The van der Waals surface area contributed by atoms with E-state index in [9.17, 15) is 0 Å². The Morgan fingerprint density at radius 1 is 1.15 bits per heavy atom. The summed E-state index contributed by atoms with van der Waals surface area (Å²) in [4.78, 5) is 7.04. The number of nitrogens with zero attached hydrogens (tertiary/aromatic N) is 2. The first-order chi connectivity index (χ1) is 13.2. The number of para-hydroxylation sites is 1. The zero-order chi connectivity index (χ0) is 18.7. The lowest BCUT2D eigenvalue weighted by atomic mass is 9.78. The van der Waals surface area contributed by atoms with Crippen molar-refractivity contribution < 1.29 is 9.47 Å². The summed E-state index contributed by atoms with van der Waals surface area (Å²) in [5, 5.41) is 3.52. The zero-order valence-electron chi connectivity index (χ0n) is 16.3. The molecule has 2 aliphatic rings. The molecule has 0 unspecified atom stereocenters. The van der Waals surface area contributed by atoms with Crippen LogP contribution in [-0.4, -0.2) is 24.9 Å². The van der Waals surface area contributed by atoms with Gasteiger partial charge >= 0.3 is 0 Å². The van der Waals surface area contributed by atoms with Crippen LogP contribution in [0.3, 0.4) is 0 Å². The molecule has 0 aliphatic carbocycles. The van der Waals surface area contributed by atoms with Gasteiger partial charge in [-0.25, -0.2) is 4.98 Å². The van der Waals surface area contributed by atoms with E-state index in [1.807, 2.05) is 18.3 Å². The third-order valence-corrected chi connectivity index (χ3v) is 6.08. The number of anilines is 1. The maximum absolute atomic E-state index is 5.58. The molecule has 1 fully saturated rings. The molecule has 1 saturated heterocycles. The second kappa shape index (κ2) is 7.77. The molecule has 144 valence electrons. The minimum Gasteiger partial charge on any atom is -0.454 e. The second-order valence-corrected chi connectivity index (χ2v) is 7.93. The Balaban J connectivity index is 1.34. The Labute approximate surface area is 161 Å². The SMILES string of the molecule is CCC1(C)CCN(c2cc(CNCc3cccc4c3OCO4)ccn2)CC1. The normalized spacial score (nSPS) is 17.9. The van der Waals surface area contributed by atoms with Gasteiger partial charge in [0.05, 0.1) is 0 Å². The van der Waals surface area contributed by atoms with Crippen LogP contribution in [0.5, 0.6) is 11.5 Å². The summed E-state index contributed by atoms with van der Waals surface area (Å²) in [6.45, 7) is 8.78. The molecule has 2 aliphatic heterocycles. The Bertz CT molecular complexity index is 785. The number of piperidine rings is 1. The highest BCUT2D eigenvalue weighted by Gasteiger charge is 2.28. The predicted molar refractivity (Wildman–Crippen MR) is 107 cm³/mol. The molecule has 5 nitrogen and oxygen atoms in total. The number of benzene rings is 1. The van der Waals surface area contributed by atoms with Crippen molar-refractivity contribution >= 4 is 5.82 Å². The van der Waals surface area contributed by atoms with Gasteiger partial charge in [-0.15, -0.1) is 0 Å². The minimum absolute atomic E-state index is 0.312. The molecule has 3 heterocycles. The van der Waals surface area contributed by atoms with Crippen molar-refractivity contribution in [2.75, 3.05) is 24.8 Å². The van der Waals surface area contributed by atoms with Crippen LogP contribution in [0.2, 0.25) is 0 Å². The molecule has 0 amide bonds. The Hall–Kier alpha value is -2.27. The van der Waals surface area contributed by atoms with E-state index in [1.165, 1.54) is 24.8 Å². The molecule has 1 N–H and O–H groups in total. The number of nitrogens with one attached hydrogen (secondary N) is 1. The van der Waals surface area contributed by atoms with Crippen molar-refractivity contribution in [3.8, 4) is 11.5 Å². The van der Waals surface area contributed by atoms with Gasteiger partial charge in [0.2, 0.25) is 6.79 Å². The van der Waals surface area contributed by atoms with Crippen molar-refractivity contribution in [3.63, 3.8) is 0 Å². The van der Waals surface area contributed by atoms with E-state index in [0.717, 1.165) is 49.1 Å². The second-order valence-electron chi connectivity index (χ2n) is 7.93. The summed E-state index contributed by atoms with van der Waals surface area (Å²) in [6.07, 6.45) is 5.68. The highest BCUT2D eigenvalue weighted by atomic mass is 16.7. The molecule has 0 bridgehead atoms. The van der Waals surface area contributed by atoms with E-state index >= 15 is 0 Å². The van der Waals surface area contributed by atoms with Gasteiger partial charge in [0.15, 0.2) is 11.5 Å². The summed E-state index contributed by atoms with van der Waals surface area (Å²) < 4.78 is 11.0. The van der Waals surface area contributed by atoms with Crippen LogP contribution >= 0.6 is 0 Å². The van der Waals surface area contributed by atoms with Crippen molar-refractivity contribution in [1.82, 2.24) is 10.3 Å². The van der Waals surface area contributed by atoms with Crippen LogP contribution in [-0.2, 0) is 13.1 Å². The van der Waals surface area contributed by atoms with Gasteiger partial charge < -0.3 is 19.7 Å². The smallest absolute Gasteiger partial charge is 0.231 e. The van der Waals surface area contributed by atoms with Crippen LogP contribution in [0.4, 0.5) is 5.82 Å². The molecule has 0 saturated carbocycles. The highest BCUT2D eigenvalue weighted by Crippen LogP contribution is 2.36. The zero-order valence-corrected chi connectivity index (χ0v) is 16.3. The number of fused-ring (bicyclic) bond motifs is 1. The monoisotopic (exact) mass is 367 g/mol. The molecule has 1 aromatic carbocycles. The number of aromatic nitrogens is 1. The Morgan fingerprint density at radius 3 is 2.81 bits per heavy atom. The summed E-state index contributed by atoms with van der Waals surface area (Å²) >= 11 is 0. The summed E-state index contributed by atoms with van der Waals surface area (Å²) in [6, 6.07) is 10.3. The molecule has 4 rings (SSSR count). The molecule has 0 spiro atoms. The van der Waals surface area contributed by atoms with Gasteiger partial charge in [-0.3, -0.25) is 0 Å². The van der Waals surface area contributed by atoms with Gasteiger partial charge in [-0.2, -0.15) is 0 Å². The van der Waals surface area contributed by atoms with Gasteiger partial charge in [0.25, 0.3) is 0 Å². The number of hydrogen-bond acceptors (Lipinski definition) is 5. The van der Waals surface area contributed by atoms with E-state index in [-0.39, 0.29) is 0 Å². The molecule has 0 atom stereocenters. The van der Waals surface area contributed by atoms with Gasteiger partial charge in [-0.1, -0.05) is 32.4 Å². The fourth-order valence-electron chi connectivity index (χ4n) is 3.84. The quantitative estimate of drug-likeness (QED) is 0.832. The lowest BCUT2D eigenvalue weighted by molar-refractivity contribution is 0.173. The van der Waals surface area contributed by atoms with Gasteiger partial charge in [0.1, 0.15) is 5.82 Å². The lowest BCUT2D eigenvalue weighted by Gasteiger charge is -2.39. The van der Waals surface area contributed by atoms with E-state index in [2.05, 4.69) is 47.2 Å². The fraction of sp³-hybridized carbons (Fsp3) is 0.500. The van der Waals surface area contributed by atoms with E-state index in [1.54, 1.807) is 0 Å². The van der Waals surface area contributed by atoms with Crippen molar-refractivity contribution in [3.05, 3.63) is 47.7 Å². The van der Waals surface area contributed by atoms with Crippen LogP contribution in [0.1, 0.15) is 44.2 Å². The first-order valence-electron chi connectivity index (χ1n) is 9.95. The maximum Gasteiger partial charge on any atom is 0.231 e. The highest BCUT2D eigenvalue weighted by molar-refractivity contribution is 5.48. The van der Waals surface area contributed by atoms with Gasteiger partial charge in [-0.05, 0) is 42.0 Å². The standard InChI is InChI=1S/C22H29N3O2/c1-3-22(2)8-11-25(12-9-22)20-13-17(7-10-24-20)14-23-15-18-5-4-6-19-21(18)27-16-26-19/h4-7,10,13,23H,3,8-9,11-12,14-16H2,1-2H3. The number of ether oxygens (including phenoxy) is 2. The lowest BCUT2D eigenvalue weighted by Crippen LogP contribution is -2.38. The van der Waals surface area contributed by atoms with Crippen LogP contribution in [0.15, 0.2) is 36.5 Å². The molecule has 5 heteroatoms. The topological polar surface area (TPSA) is 46.6 Å². The first-order valence-corrected chi connectivity index (χ1v) is 9.95. The molecular formula is C22H29N3O2. The van der Waals surface area contributed by atoms with Crippen LogP contribution in [0, 0.1) is 5.41 Å². The largest absolute Gasteiger partial charge is 0.454 e. The van der Waals surface area contributed by atoms with Crippen LogP contribution in [0.25, 0.3) is 0 Å². The predicted octanol–water partition coefficient (Wildman–Crippen LogP) is 4.12. The van der Waals surface area contributed by atoms with Crippen LogP contribution < -0.4 is 19.7 Å². The third kappa shape index (κ3) is 4.03. The Morgan fingerprint density at radius 2 is 2.00 bits per heavy atom. The van der Waals surface area contributed by atoms with Gasteiger partial charge in [0, 0.05) is 37.9 Å². The number of rotatable bonds is 6. The van der Waals surface area contributed by atoms with E-state index in [0.29, 0.717) is 12.2 Å². The third-order valence-electron chi connectivity index (χ3n) is 6.08. The summed E-state index contributed by atoms with van der Waals surface area (Å²) in [7, 11) is 0. The molecular weight excluding hydrogens is 338 g/mol. The summed E-state index contributed by atoms with van der Waals surface area (Å²) in [5.41, 5.74) is 2.89. The maximum atomic E-state index is 5.58. The van der Waals surface area contributed by atoms with Crippen molar-refractivity contribution in [2.24, 2.45) is 5.41 Å².